The van der Waals surface area contributed by atoms with Crippen LogP contribution in [0.5, 0.6) is 0 Å². The number of unbranched alkanes of at least 4 members (excludes halogenated alkanes) is 1. The van der Waals surface area contributed by atoms with Crippen molar-refractivity contribution in [2.75, 3.05) is 18.4 Å². The first-order valence-electron chi connectivity index (χ1n) is 7.22. The van der Waals surface area contributed by atoms with Crippen molar-refractivity contribution in [2.45, 2.75) is 45.6 Å². The lowest BCUT2D eigenvalue weighted by Gasteiger charge is -2.21. The molecule has 100 valence electrons. The predicted molar refractivity (Wildman–Crippen MR) is 82.4 cm³/mol. The Morgan fingerprint density at radius 1 is 1.17 bits per heavy atom. The van der Waals surface area contributed by atoms with Crippen LogP contribution in [0.1, 0.15) is 42.9 Å². The molecule has 0 bridgehead atoms. The second kappa shape index (κ2) is 7.30. The number of alkyl halides is 1. The van der Waals surface area contributed by atoms with Crippen LogP contribution in [-0.4, -0.2) is 23.3 Å². The Bertz CT molecular complexity index is 375. The molecule has 2 rings (SSSR count). The number of hydrogen-bond acceptors (Lipinski definition) is 1. The smallest absolute Gasteiger partial charge is 0.0234 e. The maximum atomic E-state index is 3.56. The lowest BCUT2D eigenvalue weighted by molar-refractivity contribution is 0.278. The third kappa shape index (κ3) is 3.83. The zero-order valence-corrected chi connectivity index (χ0v) is 13.0. The maximum Gasteiger partial charge on any atom is 0.0234 e. The second-order valence-electron chi connectivity index (χ2n) is 5.28. The van der Waals surface area contributed by atoms with Crippen LogP contribution in [-0.2, 0) is 19.4 Å². The van der Waals surface area contributed by atoms with Crippen LogP contribution in [0, 0.1) is 0 Å². The topological polar surface area (TPSA) is 3.24 Å². The number of nitrogens with zero attached hydrogens (tertiary/aromatic N) is 1. The van der Waals surface area contributed by atoms with E-state index in [1.807, 2.05) is 0 Å². The van der Waals surface area contributed by atoms with Gasteiger partial charge in [0.15, 0.2) is 0 Å². The van der Waals surface area contributed by atoms with E-state index >= 15 is 0 Å². The lowest BCUT2D eigenvalue weighted by Crippen LogP contribution is -2.26. The third-order valence-corrected chi connectivity index (χ3v) is 4.15. The largest absolute Gasteiger partial charge is 0.298 e. The predicted octanol–water partition coefficient (Wildman–Crippen LogP) is 4.17. The highest BCUT2D eigenvalue weighted by Gasteiger charge is 2.12. The minimum absolute atomic E-state index is 1.07. The summed E-state index contributed by atoms with van der Waals surface area (Å²) in [4.78, 5) is 2.56. The van der Waals surface area contributed by atoms with Crippen molar-refractivity contribution in [3.05, 3.63) is 34.9 Å². The van der Waals surface area contributed by atoms with Crippen LogP contribution in [0.25, 0.3) is 0 Å². The standard InChI is InChI=1S/C16H24BrN/c1-2-3-10-18(11-9-17)13-14-7-8-15-5-4-6-16(15)12-14/h7-8,12H,2-6,9-11,13H2,1H3. The fraction of sp³-hybridized carbons (Fsp3) is 0.625. The van der Waals surface area contributed by atoms with E-state index in [0.717, 1.165) is 18.4 Å². The van der Waals surface area contributed by atoms with Gasteiger partial charge in [0.05, 0.1) is 0 Å². The van der Waals surface area contributed by atoms with Crippen molar-refractivity contribution < 1.29 is 0 Å². The number of benzene rings is 1. The lowest BCUT2D eigenvalue weighted by atomic mass is 10.1. The van der Waals surface area contributed by atoms with E-state index < -0.39 is 0 Å². The van der Waals surface area contributed by atoms with Gasteiger partial charge in [-0.2, -0.15) is 0 Å². The molecule has 0 radical (unpaired) electrons. The van der Waals surface area contributed by atoms with Gasteiger partial charge in [0.1, 0.15) is 0 Å². The van der Waals surface area contributed by atoms with Gasteiger partial charge in [-0.25, -0.2) is 0 Å². The molecule has 0 atom stereocenters. The van der Waals surface area contributed by atoms with Crippen LogP contribution >= 0.6 is 15.9 Å². The molecule has 1 aliphatic carbocycles. The van der Waals surface area contributed by atoms with Crippen molar-refractivity contribution in [1.29, 1.82) is 0 Å². The summed E-state index contributed by atoms with van der Waals surface area (Å²) in [6.07, 6.45) is 6.51. The SMILES string of the molecule is CCCCN(CCBr)Cc1ccc2c(c1)CCC2. The maximum absolute atomic E-state index is 3.56. The van der Waals surface area contributed by atoms with Gasteiger partial charge in [-0.15, -0.1) is 0 Å². The highest BCUT2D eigenvalue weighted by molar-refractivity contribution is 9.09. The van der Waals surface area contributed by atoms with E-state index in [-0.39, 0.29) is 0 Å². The summed E-state index contributed by atoms with van der Waals surface area (Å²) in [5.74, 6) is 0. The van der Waals surface area contributed by atoms with Gasteiger partial charge in [0.2, 0.25) is 0 Å². The zero-order valence-electron chi connectivity index (χ0n) is 11.4. The highest BCUT2D eigenvalue weighted by atomic mass is 79.9. The quantitative estimate of drug-likeness (QED) is 0.683. The molecule has 0 amide bonds. The van der Waals surface area contributed by atoms with Crippen molar-refractivity contribution in [3.63, 3.8) is 0 Å². The molecule has 0 spiro atoms. The molecule has 2 heteroatoms. The Hall–Kier alpha value is -0.340. The summed E-state index contributed by atoms with van der Waals surface area (Å²) in [7, 11) is 0. The molecule has 1 aromatic rings. The first kappa shape index (κ1) is 14.1. The molecule has 0 fully saturated rings. The van der Waals surface area contributed by atoms with E-state index in [1.54, 1.807) is 11.1 Å². The van der Waals surface area contributed by atoms with Crippen LogP contribution in [0.4, 0.5) is 0 Å². The van der Waals surface area contributed by atoms with E-state index in [9.17, 15) is 0 Å². The van der Waals surface area contributed by atoms with Crippen LogP contribution < -0.4 is 0 Å². The van der Waals surface area contributed by atoms with Gasteiger partial charge < -0.3 is 0 Å². The van der Waals surface area contributed by atoms with Crippen molar-refractivity contribution >= 4 is 15.9 Å². The molecular weight excluding hydrogens is 286 g/mol. The zero-order chi connectivity index (χ0) is 12.8. The average Bonchev–Trinajstić information content (AvgIpc) is 2.83. The van der Waals surface area contributed by atoms with Crippen molar-refractivity contribution in [3.8, 4) is 0 Å². The second-order valence-corrected chi connectivity index (χ2v) is 6.07. The number of hydrogen-bond donors (Lipinski definition) is 0. The first-order chi connectivity index (χ1) is 8.83. The molecule has 0 N–H and O–H groups in total. The summed E-state index contributed by atoms with van der Waals surface area (Å²) >= 11 is 3.56. The number of fused-ring (bicyclic) bond motifs is 1. The first-order valence-corrected chi connectivity index (χ1v) is 8.34. The molecule has 0 unspecified atom stereocenters. The van der Waals surface area contributed by atoms with E-state index in [2.05, 4.69) is 46.0 Å². The third-order valence-electron chi connectivity index (χ3n) is 3.80. The molecule has 18 heavy (non-hydrogen) atoms. The van der Waals surface area contributed by atoms with E-state index in [1.165, 1.54) is 44.2 Å². The fourth-order valence-electron chi connectivity index (χ4n) is 2.75. The molecule has 1 aliphatic rings. The fourth-order valence-corrected chi connectivity index (χ4v) is 3.25. The van der Waals surface area contributed by atoms with Crippen LogP contribution in [0.2, 0.25) is 0 Å². The normalized spacial score (nSPS) is 14.2. The van der Waals surface area contributed by atoms with Crippen molar-refractivity contribution in [2.24, 2.45) is 0 Å². The summed E-state index contributed by atoms with van der Waals surface area (Å²) in [5.41, 5.74) is 4.67. The Morgan fingerprint density at radius 3 is 2.78 bits per heavy atom. The summed E-state index contributed by atoms with van der Waals surface area (Å²) in [6.45, 7) is 5.75. The molecule has 1 nitrogen and oxygen atoms in total. The Kier molecular flexibility index (Phi) is 5.71. The van der Waals surface area contributed by atoms with Gasteiger partial charge in [0.25, 0.3) is 0 Å². The number of rotatable bonds is 7. The van der Waals surface area contributed by atoms with Gasteiger partial charge in [-0.1, -0.05) is 47.5 Å². The van der Waals surface area contributed by atoms with Gasteiger partial charge >= 0.3 is 0 Å². The number of aryl methyl sites for hydroxylation is 2. The monoisotopic (exact) mass is 309 g/mol. The number of halogens is 1. The highest BCUT2D eigenvalue weighted by Crippen LogP contribution is 2.23. The summed E-state index contributed by atoms with van der Waals surface area (Å²) in [5, 5.41) is 1.07. The molecule has 0 saturated heterocycles. The van der Waals surface area contributed by atoms with Crippen molar-refractivity contribution in [1.82, 2.24) is 4.90 Å². The molecule has 0 aliphatic heterocycles. The van der Waals surface area contributed by atoms with E-state index in [0.29, 0.717) is 0 Å². The Labute approximate surface area is 120 Å². The minimum Gasteiger partial charge on any atom is -0.298 e. The summed E-state index contributed by atoms with van der Waals surface area (Å²) in [6, 6.07) is 7.12. The molecule has 0 saturated carbocycles. The van der Waals surface area contributed by atoms with E-state index in [4.69, 9.17) is 0 Å². The average molecular weight is 310 g/mol. The summed E-state index contributed by atoms with van der Waals surface area (Å²) < 4.78 is 0. The molecular formula is C16H24BrN. The van der Waals surface area contributed by atoms with Gasteiger partial charge in [-0.3, -0.25) is 4.90 Å². The Morgan fingerprint density at radius 2 is 2.00 bits per heavy atom. The van der Waals surface area contributed by atoms with Gasteiger partial charge in [0, 0.05) is 18.4 Å². The van der Waals surface area contributed by atoms with Gasteiger partial charge in [-0.05, 0) is 48.9 Å². The Balaban J connectivity index is 1.97. The van der Waals surface area contributed by atoms with Crippen LogP contribution in [0.3, 0.4) is 0 Å². The minimum atomic E-state index is 1.07. The van der Waals surface area contributed by atoms with Crippen LogP contribution in [0.15, 0.2) is 18.2 Å². The molecule has 0 heterocycles. The molecule has 0 aromatic heterocycles. The molecule has 1 aromatic carbocycles.